The monoisotopic (exact) mass is 539 g/mol. The lowest BCUT2D eigenvalue weighted by Gasteiger charge is -2.31. The van der Waals surface area contributed by atoms with Crippen molar-refractivity contribution in [1.82, 2.24) is 14.1 Å². The molecule has 0 N–H and O–H groups in total. The minimum Gasteiger partial charge on any atom is -0.465 e. The van der Waals surface area contributed by atoms with E-state index < -0.39 is 33.7 Å². The highest BCUT2D eigenvalue weighted by molar-refractivity contribution is 7.89. The van der Waals surface area contributed by atoms with Gasteiger partial charge in [0.25, 0.3) is 0 Å². The first kappa shape index (κ1) is 26.1. The summed E-state index contributed by atoms with van der Waals surface area (Å²) in [5.41, 5.74) is 1.53. The molecule has 1 aliphatic rings. The van der Waals surface area contributed by atoms with Crippen LogP contribution in [0.5, 0.6) is 11.5 Å². The van der Waals surface area contributed by atoms with Gasteiger partial charge in [-0.25, -0.2) is 17.2 Å². The van der Waals surface area contributed by atoms with Gasteiger partial charge < -0.3 is 9.47 Å². The Balaban J connectivity index is 1.57. The summed E-state index contributed by atoms with van der Waals surface area (Å²) in [6.07, 6.45) is 3.54. The molecule has 1 heterocycles. The maximum atomic E-state index is 13.9. The number of ether oxygens (including phenoxy) is 2. The zero-order valence-corrected chi connectivity index (χ0v) is 21.2. The lowest BCUT2D eigenvalue weighted by Crippen LogP contribution is -2.33. The van der Waals surface area contributed by atoms with Gasteiger partial charge >= 0.3 is 5.97 Å². The van der Waals surface area contributed by atoms with Crippen LogP contribution in [0.15, 0.2) is 47.5 Å². The van der Waals surface area contributed by atoms with E-state index in [4.69, 9.17) is 21.1 Å². The van der Waals surface area contributed by atoms with Gasteiger partial charge in [0.15, 0.2) is 11.6 Å². The van der Waals surface area contributed by atoms with Gasteiger partial charge in [-0.3, -0.25) is 9.48 Å². The van der Waals surface area contributed by atoms with Gasteiger partial charge in [0.1, 0.15) is 18.1 Å². The van der Waals surface area contributed by atoms with Crippen LogP contribution in [-0.2, 0) is 32.5 Å². The lowest BCUT2D eigenvalue weighted by molar-refractivity contribution is -0.144. The van der Waals surface area contributed by atoms with E-state index in [0.717, 1.165) is 23.4 Å². The van der Waals surface area contributed by atoms with Crippen LogP contribution in [0, 0.1) is 11.6 Å². The van der Waals surface area contributed by atoms with E-state index >= 15 is 0 Å². The molecule has 0 radical (unpaired) electrons. The lowest BCUT2D eigenvalue weighted by atomic mass is 9.93. The number of nitrogens with zero attached hydrogens (tertiary/aromatic N) is 3. The van der Waals surface area contributed by atoms with Crippen LogP contribution in [0.2, 0.25) is 5.02 Å². The van der Waals surface area contributed by atoms with Crippen molar-refractivity contribution in [3.63, 3.8) is 0 Å². The molecule has 0 amide bonds. The average molecular weight is 540 g/mol. The summed E-state index contributed by atoms with van der Waals surface area (Å²) in [6, 6.07) is 6.17. The molecule has 1 unspecified atom stereocenters. The van der Waals surface area contributed by atoms with Crippen molar-refractivity contribution >= 4 is 27.6 Å². The van der Waals surface area contributed by atoms with Crippen LogP contribution in [0.25, 0.3) is 0 Å². The molecule has 192 valence electrons. The fourth-order valence-electron chi connectivity index (χ4n) is 4.17. The molecular formula is C24H24ClF2N3O5S. The summed E-state index contributed by atoms with van der Waals surface area (Å²) in [4.78, 5) is 11.8. The maximum absolute atomic E-state index is 13.9. The second-order valence-corrected chi connectivity index (χ2v) is 10.6. The number of hydrogen-bond donors (Lipinski definition) is 0. The molecule has 1 aliphatic carbocycles. The first-order valence-electron chi connectivity index (χ1n) is 11.2. The first-order valence-corrected chi connectivity index (χ1v) is 13.0. The Morgan fingerprint density at radius 3 is 2.67 bits per heavy atom. The smallest absolute Gasteiger partial charge is 0.327 e. The van der Waals surface area contributed by atoms with Gasteiger partial charge in [0.05, 0.1) is 28.8 Å². The highest BCUT2D eigenvalue weighted by atomic mass is 35.5. The molecule has 36 heavy (non-hydrogen) atoms. The van der Waals surface area contributed by atoms with E-state index in [9.17, 15) is 22.0 Å². The summed E-state index contributed by atoms with van der Waals surface area (Å²) in [6.45, 7) is 1.94. The van der Waals surface area contributed by atoms with Crippen molar-refractivity contribution in [2.45, 2.75) is 43.7 Å². The van der Waals surface area contributed by atoms with E-state index in [1.54, 1.807) is 17.8 Å². The summed E-state index contributed by atoms with van der Waals surface area (Å²) in [5.74, 6) is -2.32. The minimum absolute atomic E-state index is 0.0176. The topological polar surface area (TPSA) is 90.7 Å². The van der Waals surface area contributed by atoms with Crippen molar-refractivity contribution in [3.8, 4) is 11.5 Å². The number of carbonyl (C=O) groups is 1. The van der Waals surface area contributed by atoms with Gasteiger partial charge in [0, 0.05) is 24.4 Å². The molecular weight excluding hydrogens is 516 g/mol. The Morgan fingerprint density at radius 1 is 1.22 bits per heavy atom. The molecule has 3 aromatic rings. The summed E-state index contributed by atoms with van der Waals surface area (Å²) >= 11 is 6.26. The van der Waals surface area contributed by atoms with Crippen LogP contribution >= 0.6 is 11.6 Å². The zero-order valence-electron chi connectivity index (χ0n) is 19.6. The van der Waals surface area contributed by atoms with Gasteiger partial charge in [-0.15, -0.1) is 0 Å². The van der Waals surface area contributed by atoms with Crippen molar-refractivity contribution in [2.75, 3.05) is 13.7 Å². The zero-order chi connectivity index (χ0) is 26.0. The van der Waals surface area contributed by atoms with Crippen molar-refractivity contribution in [3.05, 3.63) is 70.5 Å². The van der Waals surface area contributed by atoms with Gasteiger partial charge in [-0.05, 0) is 56.5 Å². The number of hydrogen-bond acceptors (Lipinski definition) is 6. The number of esters is 1. The third kappa shape index (κ3) is 5.23. The largest absolute Gasteiger partial charge is 0.465 e. The van der Waals surface area contributed by atoms with Gasteiger partial charge in [-0.2, -0.15) is 9.40 Å². The Morgan fingerprint density at radius 2 is 1.97 bits per heavy atom. The molecule has 8 nitrogen and oxygen atoms in total. The van der Waals surface area contributed by atoms with E-state index in [0.29, 0.717) is 25.3 Å². The number of fused-ring (bicyclic) bond motifs is 1. The average Bonchev–Trinajstić information content (AvgIpc) is 3.24. The quantitative estimate of drug-likeness (QED) is 0.379. The fraction of sp³-hybridized carbons (Fsp3) is 0.333. The fourth-order valence-corrected chi connectivity index (χ4v) is 5.85. The molecule has 0 bridgehead atoms. The molecule has 2 aromatic carbocycles. The molecule has 4 rings (SSSR count). The third-order valence-electron chi connectivity index (χ3n) is 5.95. The Hall–Kier alpha value is -3.02. The first-order chi connectivity index (χ1) is 17.1. The molecule has 12 heteroatoms. The van der Waals surface area contributed by atoms with Crippen LogP contribution in [0.3, 0.4) is 0 Å². The van der Waals surface area contributed by atoms with Crippen molar-refractivity contribution in [1.29, 1.82) is 0 Å². The number of carbonyl (C=O) groups excluding carboxylic acids is 1. The Bertz CT molecular complexity index is 1400. The molecule has 0 fully saturated rings. The molecule has 0 spiro atoms. The molecule has 1 aromatic heterocycles. The predicted molar refractivity (Wildman–Crippen MR) is 127 cm³/mol. The molecule has 0 saturated carbocycles. The molecule has 0 saturated heterocycles. The van der Waals surface area contributed by atoms with Crippen LogP contribution < -0.4 is 4.74 Å². The summed E-state index contributed by atoms with van der Waals surface area (Å²) < 4.78 is 67.2. The van der Waals surface area contributed by atoms with E-state index in [-0.39, 0.29) is 34.6 Å². The van der Waals surface area contributed by atoms with E-state index in [1.807, 2.05) is 0 Å². The highest BCUT2D eigenvalue weighted by Gasteiger charge is 2.34. The summed E-state index contributed by atoms with van der Waals surface area (Å²) in [7, 11) is -2.51. The second-order valence-electron chi connectivity index (χ2n) is 8.21. The second kappa shape index (κ2) is 10.5. The summed E-state index contributed by atoms with van der Waals surface area (Å²) in [5, 5.41) is 4.23. The Kier molecular flexibility index (Phi) is 7.62. The van der Waals surface area contributed by atoms with E-state index in [1.165, 1.54) is 29.6 Å². The predicted octanol–water partition coefficient (Wildman–Crippen LogP) is 4.87. The minimum atomic E-state index is -3.99. The standard InChI is InChI=1S/C24H24ClF2N3O5S/c1-3-34-24(31)14-30-21-6-4-5-20(17(21)13-28-30)29(2)36(32,33)16-8-10-22(18(25)12-16)35-23-9-7-15(26)11-19(23)27/h7-13,20H,3-6,14H2,1-2H3. The number of benzene rings is 2. The molecule has 1 atom stereocenters. The van der Waals surface area contributed by atoms with Crippen LogP contribution in [0.4, 0.5) is 8.78 Å². The van der Waals surface area contributed by atoms with E-state index in [2.05, 4.69) is 5.10 Å². The van der Waals surface area contributed by atoms with Crippen molar-refractivity contribution < 1.29 is 31.5 Å². The molecule has 0 aliphatic heterocycles. The van der Waals surface area contributed by atoms with Crippen LogP contribution in [-0.4, -0.2) is 42.1 Å². The van der Waals surface area contributed by atoms with Crippen molar-refractivity contribution in [2.24, 2.45) is 0 Å². The van der Waals surface area contributed by atoms with Crippen LogP contribution in [0.1, 0.15) is 37.1 Å². The number of sulfonamides is 1. The SMILES string of the molecule is CCOC(=O)Cn1ncc2c1CCCC2N(C)S(=O)(=O)c1ccc(Oc2ccc(F)cc2F)c(Cl)c1. The maximum Gasteiger partial charge on any atom is 0.327 e. The highest BCUT2D eigenvalue weighted by Crippen LogP contribution is 2.38. The number of rotatable bonds is 8. The Labute approximate surface area is 212 Å². The van der Waals surface area contributed by atoms with Gasteiger partial charge in [0.2, 0.25) is 10.0 Å². The normalized spacial score (nSPS) is 15.6. The van der Waals surface area contributed by atoms with Gasteiger partial charge in [-0.1, -0.05) is 11.6 Å². The number of aromatic nitrogens is 2. The number of halogens is 3. The third-order valence-corrected chi connectivity index (χ3v) is 8.11.